The Balaban J connectivity index is 2.45. The van der Waals surface area contributed by atoms with Gasteiger partial charge in [-0.1, -0.05) is 30.3 Å². The van der Waals surface area contributed by atoms with Crippen LogP contribution in [0.1, 0.15) is 22.8 Å². The summed E-state index contributed by atoms with van der Waals surface area (Å²) in [7, 11) is 3.19. The molecule has 0 aromatic heterocycles. The Bertz CT molecular complexity index is 549. The van der Waals surface area contributed by atoms with Crippen LogP contribution >= 0.6 is 0 Å². The first-order valence-electron chi connectivity index (χ1n) is 6.13. The standard InChI is InChI=1S/C16H18O3/c1-11-9-14(18-2)15(19-3)10-13(11)16(17)12-7-5-4-6-8-12/h4-10,16-17H,1-3H3. The second-order valence-corrected chi connectivity index (χ2v) is 4.38. The number of benzene rings is 2. The van der Waals surface area contributed by atoms with Gasteiger partial charge in [-0.15, -0.1) is 0 Å². The van der Waals surface area contributed by atoms with Gasteiger partial charge in [-0.05, 0) is 35.7 Å². The molecule has 2 aromatic carbocycles. The lowest BCUT2D eigenvalue weighted by molar-refractivity contribution is 0.218. The monoisotopic (exact) mass is 258 g/mol. The molecule has 2 rings (SSSR count). The minimum Gasteiger partial charge on any atom is -0.493 e. The van der Waals surface area contributed by atoms with E-state index in [1.807, 2.05) is 49.4 Å². The number of hydrogen-bond acceptors (Lipinski definition) is 3. The van der Waals surface area contributed by atoms with Crippen molar-refractivity contribution in [2.45, 2.75) is 13.0 Å². The number of methoxy groups -OCH3 is 2. The predicted molar refractivity (Wildman–Crippen MR) is 74.8 cm³/mol. The second-order valence-electron chi connectivity index (χ2n) is 4.38. The zero-order valence-electron chi connectivity index (χ0n) is 11.4. The fourth-order valence-corrected chi connectivity index (χ4v) is 2.11. The van der Waals surface area contributed by atoms with Crippen molar-refractivity contribution in [3.05, 3.63) is 59.2 Å². The maximum atomic E-state index is 10.5. The fraction of sp³-hybridized carbons (Fsp3) is 0.250. The zero-order chi connectivity index (χ0) is 13.8. The molecule has 0 radical (unpaired) electrons. The molecule has 0 bridgehead atoms. The summed E-state index contributed by atoms with van der Waals surface area (Å²) in [5.41, 5.74) is 2.65. The van der Waals surface area contributed by atoms with E-state index < -0.39 is 6.10 Å². The van der Waals surface area contributed by atoms with Crippen molar-refractivity contribution < 1.29 is 14.6 Å². The molecule has 3 nitrogen and oxygen atoms in total. The van der Waals surface area contributed by atoms with Crippen molar-refractivity contribution in [1.29, 1.82) is 0 Å². The maximum absolute atomic E-state index is 10.5. The van der Waals surface area contributed by atoms with Crippen LogP contribution in [0.2, 0.25) is 0 Å². The number of rotatable bonds is 4. The van der Waals surface area contributed by atoms with Gasteiger partial charge in [0, 0.05) is 0 Å². The average Bonchev–Trinajstić information content (AvgIpc) is 2.47. The fourth-order valence-electron chi connectivity index (χ4n) is 2.11. The van der Waals surface area contributed by atoms with Crippen molar-refractivity contribution in [1.82, 2.24) is 0 Å². The van der Waals surface area contributed by atoms with Gasteiger partial charge in [0.15, 0.2) is 11.5 Å². The van der Waals surface area contributed by atoms with Crippen LogP contribution in [0.3, 0.4) is 0 Å². The molecule has 0 amide bonds. The molecule has 0 aliphatic carbocycles. The van der Waals surface area contributed by atoms with E-state index in [4.69, 9.17) is 9.47 Å². The molecular weight excluding hydrogens is 240 g/mol. The average molecular weight is 258 g/mol. The van der Waals surface area contributed by atoms with Crippen LogP contribution in [0.4, 0.5) is 0 Å². The lowest BCUT2D eigenvalue weighted by Gasteiger charge is -2.17. The quantitative estimate of drug-likeness (QED) is 0.915. The van der Waals surface area contributed by atoms with Crippen LogP contribution in [0.25, 0.3) is 0 Å². The Labute approximate surface area is 113 Å². The summed E-state index contributed by atoms with van der Waals surface area (Å²) in [5, 5.41) is 10.5. The highest BCUT2D eigenvalue weighted by Crippen LogP contribution is 2.34. The third-order valence-electron chi connectivity index (χ3n) is 3.18. The summed E-state index contributed by atoms with van der Waals surface area (Å²) in [5.74, 6) is 1.29. The summed E-state index contributed by atoms with van der Waals surface area (Å²) in [6.45, 7) is 1.95. The largest absolute Gasteiger partial charge is 0.493 e. The third kappa shape index (κ3) is 2.71. The van der Waals surface area contributed by atoms with Crippen LogP contribution in [0.15, 0.2) is 42.5 Å². The van der Waals surface area contributed by atoms with Gasteiger partial charge in [0.1, 0.15) is 6.10 Å². The second kappa shape index (κ2) is 5.76. The summed E-state index contributed by atoms with van der Waals surface area (Å²) in [6.07, 6.45) is -0.666. The van der Waals surface area contributed by atoms with Crippen molar-refractivity contribution in [2.75, 3.05) is 14.2 Å². The highest BCUT2D eigenvalue weighted by Gasteiger charge is 2.16. The van der Waals surface area contributed by atoms with Gasteiger partial charge in [-0.2, -0.15) is 0 Å². The van der Waals surface area contributed by atoms with Crippen LogP contribution in [-0.4, -0.2) is 19.3 Å². The van der Waals surface area contributed by atoms with Crippen molar-refractivity contribution in [3.63, 3.8) is 0 Å². The summed E-state index contributed by atoms with van der Waals surface area (Å²) < 4.78 is 10.5. The molecule has 2 aromatic rings. The topological polar surface area (TPSA) is 38.7 Å². The summed E-state index contributed by atoms with van der Waals surface area (Å²) in [6, 6.07) is 13.3. The number of aryl methyl sites for hydroxylation is 1. The third-order valence-corrected chi connectivity index (χ3v) is 3.18. The Morgan fingerprint density at radius 3 is 2.11 bits per heavy atom. The molecule has 100 valence electrons. The number of hydrogen-bond donors (Lipinski definition) is 1. The summed E-state index contributed by atoms with van der Waals surface area (Å²) in [4.78, 5) is 0. The highest BCUT2D eigenvalue weighted by atomic mass is 16.5. The van der Waals surface area contributed by atoms with E-state index in [1.54, 1.807) is 14.2 Å². The Kier molecular flexibility index (Phi) is 4.07. The smallest absolute Gasteiger partial charge is 0.161 e. The molecule has 0 spiro atoms. The van der Waals surface area contributed by atoms with E-state index in [9.17, 15) is 5.11 Å². The van der Waals surface area contributed by atoms with E-state index in [-0.39, 0.29) is 0 Å². The maximum Gasteiger partial charge on any atom is 0.161 e. The van der Waals surface area contributed by atoms with Crippen LogP contribution in [0, 0.1) is 6.92 Å². The molecule has 0 saturated carbocycles. The van der Waals surface area contributed by atoms with Gasteiger partial charge in [0.25, 0.3) is 0 Å². The number of ether oxygens (including phenoxy) is 2. The molecular formula is C16H18O3. The minimum atomic E-state index is -0.666. The van der Waals surface area contributed by atoms with E-state index in [2.05, 4.69) is 0 Å². The van der Waals surface area contributed by atoms with Crippen LogP contribution in [-0.2, 0) is 0 Å². The number of aliphatic hydroxyl groups excluding tert-OH is 1. The first-order valence-corrected chi connectivity index (χ1v) is 6.13. The lowest BCUT2D eigenvalue weighted by Crippen LogP contribution is -2.03. The lowest BCUT2D eigenvalue weighted by atomic mass is 9.97. The Hall–Kier alpha value is -2.00. The molecule has 1 atom stereocenters. The minimum absolute atomic E-state index is 0.623. The molecule has 3 heteroatoms. The van der Waals surface area contributed by atoms with Crippen LogP contribution in [0.5, 0.6) is 11.5 Å². The SMILES string of the molecule is COc1cc(C)c(C(O)c2ccccc2)cc1OC. The van der Waals surface area contributed by atoms with Gasteiger partial charge < -0.3 is 14.6 Å². The Morgan fingerprint density at radius 1 is 0.947 bits per heavy atom. The zero-order valence-corrected chi connectivity index (χ0v) is 11.4. The normalized spacial score (nSPS) is 12.0. The molecule has 19 heavy (non-hydrogen) atoms. The molecule has 1 unspecified atom stereocenters. The Morgan fingerprint density at radius 2 is 1.53 bits per heavy atom. The van der Waals surface area contributed by atoms with E-state index in [1.165, 1.54) is 0 Å². The van der Waals surface area contributed by atoms with Gasteiger partial charge in [0.2, 0.25) is 0 Å². The number of aliphatic hydroxyl groups is 1. The first-order chi connectivity index (χ1) is 9.17. The van der Waals surface area contributed by atoms with Crippen molar-refractivity contribution in [2.24, 2.45) is 0 Å². The molecule has 1 N–H and O–H groups in total. The molecule has 0 saturated heterocycles. The van der Waals surface area contributed by atoms with E-state index in [0.717, 1.165) is 16.7 Å². The molecule has 0 aliphatic rings. The van der Waals surface area contributed by atoms with E-state index >= 15 is 0 Å². The van der Waals surface area contributed by atoms with Crippen LogP contribution < -0.4 is 9.47 Å². The van der Waals surface area contributed by atoms with Gasteiger partial charge >= 0.3 is 0 Å². The van der Waals surface area contributed by atoms with E-state index in [0.29, 0.717) is 11.5 Å². The molecule has 0 heterocycles. The predicted octanol–water partition coefficient (Wildman–Crippen LogP) is 3.09. The summed E-state index contributed by atoms with van der Waals surface area (Å²) >= 11 is 0. The van der Waals surface area contributed by atoms with Crippen molar-refractivity contribution >= 4 is 0 Å². The first kappa shape index (κ1) is 13.4. The van der Waals surface area contributed by atoms with Crippen molar-refractivity contribution in [3.8, 4) is 11.5 Å². The molecule has 0 aliphatic heterocycles. The van der Waals surface area contributed by atoms with Gasteiger partial charge in [-0.3, -0.25) is 0 Å². The van der Waals surface area contributed by atoms with Gasteiger partial charge in [0.05, 0.1) is 14.2 Å². The van der Waals surface area contributed by atoms with Gasteiger partial charge in [-0.25, -0.2) is 0 Å². The highest BCUT2D eigenvalue weighted by molar-refractivity contribution is 5.49. The molecule has 0 fully saturated rings.